The van der Waals surface area contributed by atoms with Crippen LogP contribution >= 0.6 is 15.9 Å². The Kier molecular flexibility index (Phi) is 6.20. The second-order valence-corrected chi connectivity index (χ2v) is 6.07. The van der Waals surface area contributed by atoms with Crippen molar-refractivity contribution in [2.24, 2.45) is 0 Å². The molecule has 0 saturated carbocycles. The van der Waals surface area contributed by atoms with Gasteiger partial charge >= 0.3 is 5.97 Å². The van der Waals surface area contributed by atoms with Gasteiger partial charge in [0, 0.05) is 5.54 Å². The number of methoxy groups -OCH3 is 1. The molecule has 0 spiro atoms. The average Bonchev–Trinajstić information content (AvgIpc) is 2.44. The van der Waals surface area contributed by atoms with Crippen molar-refractivity contribution in [3.8, 4) is 5.75 Å². The van der Waals surface area contributed by atoms with Crippen LogP contribution in [0.1, 0.15) is 37.6 Å². The molecule has 0 aliphatic rings. The van der Waals surface area contributed by atoms with E-state index in [0.717, 1.165) is 6.42 Å². The number of rotatable bonds is 6. The van der Waals surface area contributed by atoms with Gasteiger partial charge in [0.15, 0.2) is 6.61 Å². The summed E-state index contributed by atoms with van der Waals surface area (Å²) in [6, 6.07) is 4.83. The zero-order valence-electron chi connectivity index (χ0n) is 12.7. The van der Waals surface area contributed by atoms with E-state index in [0.29, 0.717) is 15.8 Å². The van der Waals surface area contributed by atoms with Gasteiger partial charge in [0.2, 0.25) is 0 Å². The first-order chi connectivity index (χ1) is 9.79. The molecule has 0 aromatic heterocycles. The Morgan fingerprint density at radius 2 is 2.00 bits per heavy atom. The summed E-state index contributed by atoms with van der Waals surface area (Å²) in [7, 11) is 1.54. The largest absolute Gasteiger partial charge is 0.496 e. The average molecular weight is 358 g/mol. The van der Waals surface area contributed by atoms with Gasteiger partial charge < -0.3 is 14.8 Å². The second-order valence-electron chi connectivity index (χ2n) is 5.21. The first-order valence-electron chi connectivity index (χ1n) is 6.60. The summed E-state index contributed by atoms with van der Waals surface area (Å²) >= 11 is 3.29. The minimum atomic E-state index is -0.553. The molecule has 0 atom stereocenters. The monoisotopic (exact) mass is 357 g/mol. The van der Waals surface area contributed by atoms with Gasteiger partial charge in [-0.2, -0.15) is 0 Å². The van der Waals surface area contributed by atoms with Crippen LogP contribution in [0.25, 0.3) is 0 Å². The Labute approximate surface area is 133 Å². The molecule has 1 aromatic rings. The number of ether oxygens (including phenoxy) is 2. The van der Waals surface area contributed by atoms with Crippen LogP contribution in [0.2, 0.25) is 0 Å². The summed E-state index contributed by atoms with van der Waals surface area (Å²) in [4.78, 5) is 23.6. The van der Waals surface area contributed by atoms with Crippen molar-refractivity contribution >= 4 is 27.8 Å². The van der Waals surface area contributed by atoms with Crippen molar-refractivity contribution in [2.75, 3.05) is 13.7 Å². The van der Waals surface area contributed by atoms with Crippen LogP contribution < -0.4 is 10.1 Å². The first-order valence-corrected chi connectivity index (χ1v) is 7.40. The number of nitrogens with one attached hydrogen (secondary N) is 1. The smallest absolute Gasteiger partial charge is 0.338 e. The van der Waals surface area contributed by atoms with E-state index >= 15 is 0 Å². The lowest BCUT2D eigenvalue weighted by molar-refractivity contribution is -0.125. The molecule has 0 radical (unpaired) electrons. The fourth-order valence-corrected chi connectivity index (χ4v) is 2.05. The molecule has 0 saturated heterocycles. The molecule has 0 aliphatic carbocycles. The van der Waals surface area contributed by atoms with Crippen LogP contribution in [0.3, 0.4) is 0 Å². The number of esters is 1. The number of benzene rings is 1. The molecule has 1 rings (SSSR count). The normalized spacial score (nSPS) is 10.9. The third kappa shape index (κ3) is 5.38. The lowest BCUT2D eigenvalue weighted by Gasteiger charge is -2.24. The van der Waals surface area contributed by atoms with Gasteiger partial charge in [-0.25, -0.2) is 4.79 Å². The van der Waals surface area contributed by atoms with Gasteiger partial charge in [0.25, 0.3) is 5.91 Å². The van der Waals surface area contributed by atoms with Crippen molar-refractivity contribution in [1.82, 2.24) is 5.32 Å². The zero-order chi connectivity index (χ0) is 16.0. The van der Waals surface area contributed by atoms with Crippen molar-refractivity contribution in [3.05, 3.63) is 28.2 Å². The van der Waals surface area contributed by atoms with Gasteiger partial charge in [-0.3, -0.25) is 4.79 Å². The molecule has 5 nitrogen and oxygen atoms in total. The standard InChI is InChI=1S/C15H20BrNO4/c1-5-15(2,3)17-13(18)9-21-14(19)10-6-7-12(20-4)11(16)8-10/h6-8H,5,9H2,1-4H3,(H,17,18). The molecule has 0 aliphatic heterocycles. The third-order valence-electron chi connectivity index (χ3n) is 3.08. The Morgan fingerprint density at radius 3 is 2.52 bits per heavy atom. The van der Waals surface area contributed by atoms with Crippen molar-refractivity contribution in [3.63, 3.8) is 0 Å². The van der Waals surface area contributed by atoms with Crippen molar-refractivity contribution < 1.29 is 19.1 Å². The molecule has 116 valence electrons. The SMILES string of the molecule is CCC(C)(C)NC(=O)COC(=O)c1ccc(OC)c(Br)c1. The Balaban J connectivity index is 2.58. The minimum Gasteiger partial charge on any atom is -0.496 e. The van der Waals surface area contributed by atoms with Crippen molar-refractivity contribution in [1.29, 1.82) is 0 Å². The van der Waals surface area contributed by atoms with E-state index in [4.69, 9.17) is 9.47 Å². The first kappa shape index (κ1) is 17.5. The summed E-state index contributed by atoms with van der Waals surface area (Å²) < 4.78 is 10.7. The van der Waals surface area contributed by atoms with Gasteiger partial charge in [-0.05, 0) is 54.4 Å². The maximum Gasteiger partial charge on any atom is 0.338 e. The maximum absolute atomic E-state index is 11.9. The molecule has 6 heteroatoms. The van der Waals surface area contributed by atoms with Crippen molar-refractivity contribution in [2.45, 2.75) is 32.7 Å². The van der Waals surface area contributed by atoms with E-state index in [1.807, 2.05) is 20.8 Å². The highest BCUT2D eigenvalue weighted by Gasteiger charge is 2.19. The van der Waals surface area contributed by atoms with Crippen LogP contribution in [0, 0.1) is 0 Å². The summed E-state index contributed by atoms with van der Waals surface area (Å²) in [5, 5.41) is 2.80. The fraction of sp³-hybridized carbons (Fsp3) is 0.467. The molecule has 1 aromatic carbocycles. The maximum atomic E-state index is 11.9. The number of amides is 1. The minimum absolute atomic E-state index is 0.300. The molecule has 21 heavy (non-hydrogen) atoms. The molecule has 0 unspecified atom stereocenters. The van der Waals surface area contributed by atoms with E-state index in [2.05, 4.69) is 21.2 Å². The molecular formula is C15H20BrNO4. The second kappa shape index (κ2) is 7.45. The predicted molar refractivity (Wildman–Crippen MR) is 83.5 cm³/mol. The molecule has 1 amide bonds. The lowest BCUT2D eigenvalue weighted by Crippen LogP contribution is -2.44. The Morgan fingerprint density at radius 1 is 1.33 bits per heavy atom. The number of carbonyl (C=O) groups is 2. The zero-order valence-corrected chi connectivity index (χ0v) is 14.2. The van der Waals surface area contributed by atoms with E-state index in [1.54, 1.807) is 18.2 Å². The summed E-state index contributed by atoms with van der Waals surface area (Å²) in [5.41, 5.74) is 0.0392. The highest BCUT2D eigenvalue weighted by atomic mass is 79.9. The highest BCUT2D eigenvalue weighted by molar-refractivity contribution is 9.10. The topological polar surface area (TPSA) is 64.6 Å². The number of hydrogen-bond acceptors (Lipinski definition) is 4. The highest BCUT2D eigenvalue weighted by Crippen LogP contribution is 2.25. The summed E-state index contributed by atoms with van der Waals surface area (Å²) in [5.74, 6) is -0.250. The Hall–Kier alpha value is -1.56. The summed E-state index contributed by atoms with van der Waals surface area (Å²) in [6.07, 6.45) is 0.790. The van der Waals surface area contributed by atoms with E-state index in [-0.39, 0.29) is 18.1 Å². The van der Waals surface area contributed by atoms with Gasteiger partial charge in [-0.15, -0.1) is 0 Å². The van der Waals surface area contributed by atoms with Crippen LogP contribution in [-0.4, -0.2) is 31.1 Å². The molecule has 0 heterocycles. The molecule has 0 fully saturated rings. The molecule has 0 bridgehead atoms. The lowest BCUT2D eigenvalue weighted by atomic mass is 10.0. The molecule has 1 N–H and O–H groups in total. The van der Waals surface area contributed by atoms with Gasteiger partial charge in [0.1, 0.15) is 5.75 Å². The van der Waals surface area contributed by atoms with E-state index < -0.39 is 5.97 Å². The number of carbonyl (C=O) groups excluding carboxylic acids is 2. The third-order valence-corrected chi connectivity index (χ3v) is 3.70. The van der Waals surface area contributed by atoms with Gasteiger partial charge in [-0.1, -0.05) is 6.92 Å². The molecular weight excluding hydrogens is 338 g/mol. The van der Waals surface area contributed by atoms with Crippen LogP contribution in [0.5, 0.6) is 5.75 Å². The van der Waals surface area contributed by atoms with Gasteiger partial charge in [0.05, 0.1) is 17.1 Å². The summed E-state index contributed by atoms with van der Waals surface area (Å²) in [6.45, 7) is 5.49. The van der Waals surface area contributed by atoms with E-state index in [9.17, 15) is 9.59 Å². The fourth-order valence-electron chi connectivity index (χ4n) is 1.51. The Bertz CT molecular complexity index is 528. The van der Waals surface area contributed by atoms with E-state index in [1.165, 1.54) is 7.11 Å². The predicted octanol–water partition coefficient (Wildman–Crippen LogP) is 2.92. The quantitative estimate of drug-likeness (QED) is 0.795. The number of halogens is 1. The van der Waals surface area contributed by atoms with Crippen LogP contribution in [0.4, 0.5) is 0 Å². The van der Waals surface area contributed by atoms with Crippen LogP contribution in [0.15, 0.2) is 22.7 Å². The van der Waals surface area contributed by atoms with Crippen LogP contribution in [-0.2, 0) is 9.53 Å². The number of hydrogen-bond donors (Lipinski definition) is 1.